The van der Waals surface area contributed by atoms with Gasteiger partial charge in [0.05, 0.1) is 6.54 Å². The van der Waals surface area contributed by atoms with E-state index in [0.29, 0.717) is 18.2 Å². The van der Waals surface area contributed by atoms with E-state index in [2.05, 4.69) is 34.4 Å². The minimum Gasteiger partial charge on any atom is -0.370 e. The number of aromatic nitrogens is 2. The predicted octanol–water partition coefficient (Wildman–Crippen LogP) is 2.63. The highest BCUT2D eigenvalue weighted by Gasteiger charge is 2.02. The Morgan fingerprint density at radius 2 is 1.89 bits per heavy atom. The van der Waals surface area contributed by atoms with Crippen LogP contribution in [0.3, 0.4) is 0 Å². The van der Waals surface area contributed by atoms with Crippen LogP contribution < -0.4 is 10.6 Å². The molecular weight excluding hydrogens is 240 g/mol. The van der Waals surface area contributed by atoms with E-state index in [9.17, 15) is 4.79 Å². The fraction of sp³-hybridized carbons (Fsp3) is 0.643. The van der Waals surface area contributed by atoms with Gasteiger partial charge in [-0.3, -0.25) is 4.79 Å². The number of hydrogen-bond donors (Lipinski definition) is 2. The van der Waals surface area contributed by atoms with Crippen molar-refractivity contribution in [3.8, 4) is 0 Å². The summed E-state index contributed by atoms with van der Waals surface area (Å²) in [7, 11) is 0. The minimum absolute atomic E-state index is 0.0858. The van der Waals surface area contributed by atoms with Crippen LogP contribution in [0.15, 0.2) is 6.07 Å². The van der Waals surface area contributed by atoms with E-state index in [1.807, 2.05) is 13.0 Å². The molecule has 0 atom stereocenters. The van der Waals surface area contributed by atoms with Crippen molar-refractivity contribution in [3.05, 3.63) is 11.9 Å². The summed E-state index contributed by atoms with van der Waals surface area (Å²) in [6, 6.07) is 1.84. The largest absolute Gasteiger partial charge is 0.370 e. The lowest BCUT2D eigenvalue weighted by atomic mass is 10.1. The van der Waals surface area contributed by atoms with Crippen molar-refractivity contribution in [1.29, 1.82) is 0 Å². The van der Waals surface area contributed by atoms with Crippen LogP contribution in [0, 0.1) is 12.8 Å². The maximum Gasteiger partial charge on any atom is 0.148 e. The average Bonchev–Trinajstić information content (AvgIpc) is 2.31. The van der Waals surface area contributed by atoms with E-state index in [-0.39, 0.29) is 5.78 Å². The van der Waals surface area contributed by atoms with E-state index >= 15 is 0 Å². The summed E-state index contributed by atoms with van der Waals surface area (Å²) in [5.41, 5.74) is 0. The Hall–Kier alpha value is -1.65. The summed E-state index contributed by atoms with van der Waals surface area (Å²) in [5.74, 6) is 3.00. The highest BCUT2D eigenvalue weighted by molar-refractivity contribution is 5.80. The molecule has 1 aromatic rings. The van der Waals surface area contributed by atoms with Crippen molar-refractivity contribution in [1.82, 2.24) is 9.97 Å². The maximum absolute atomic E-state index is 10.9. The minimum atomic E-state index is 0.0858. The lowest BCUT2D eigenvalue weighted by molar-refractivity contribution is -0.115. The van der Waals surface area contributed by atoms with Crippen molar-refractivity contribution in [2.24, 2.45) is 5.92 Å². The third-order valence-electron chi connectivity index (χ3n) is 2.62. The van der Waals surface area contributed by atoms with E-state index in [0.717, 1.165) is 24.7 Å². The molecule has 0 radical (unpaired) electrons. The summed E-state index contributed by atoms with van der Waals surface area (Å²) >= 11 is 0. The summed E-state index contributed by atoms with van der Waals surface area (Å²) < 4.78 is 0. The van der Waals surface area contributed by atoms with E-state index in [1.54, 1.807) is 6.92 Å². The number of hydrogen-bond acceptors (Lipinski definition) is 5. The van der Waals surface area contributed by atoms with Crippen LogP contribution in [0.1, 0.15) is 39.4 Å². The van der Waals surface area contributed by atoms with Gasteiger partial charge in [-0.2, -0.15) is 0 Å². The molecule has 0 aliphatic carbocycles. The Morgan fingerprint density at radius 3 is 2.47 bits per heavy atom. The molecule has 0 spiro atoms. The fourth-order valence-corrected chi connectivity index (χ4v) is 1.69. The number of nitrogens with zero attached hydrogens (tertiary/aromatic N) is 2. The normalized spacial score (nSPS) is 10.6. The van der Waals surface area contributed by atoms with Gasteiger partial charge in [-0.25, -0.2) is 9.97 Å². The second-order valence-electron chi connectivity index (χ2n) is 5.20. The number of ketones is 1. The highest BCUT2D eigenvalue weighted by atomic mass is 16.1. The van der Waals surface area contributed by atoms with Gasteiger partial charge in [0.1, 0.15) is 23.2 Å². The average molecular weight is 264 g/mol. The van der Waals surface area contributed by atoms with Crippen LogP contribution in [-0.2, 0) is 4.79 Å². The molecule has 0 fully saturated rings. The number of aryl methyl sites for hydroxylation is 1. The molecule has 5 heteroatoms. The molecule has 5 nitrogen and oxygen atoms in total. The Balaban J connectivity index is 2.51. The first-order valence-electron chi connectivity index (χ1n) is 6.80. The van der Waals surface area contributed by atoms with Crippen LogP contribution in [0.25, 0.3) is 0 Å². The van der Waals surface area contributed by atoms with Crippen LogP contribution in [-0.4, -0.2) is 28.8 Å². The summed E-state index contributed by atoms with van der Waals surface area (Å²) in [6.45, 7) is 9.03. The Labute approximate surface area is 115 Å². The first-order chi connectivity index (χ1) is 8.97. The van der Waals surface area contributed by atoms with Crippen molar-refractivity contribution >= 4 is 17.4 Å². The lowest BCUT2D eigenvalue weighted by Gasteiger charge is -2.10. The Kier molecular flexibility index (Phi) is 6.25. The second kappa shape index (κ2) is 7.71. The zero-order chi connectivity index (χ0) is 14.3. The number of carbonyl (C=O) groups is 1. The molecule has 0 amide bonds. The number of nitrogens with one attached hydrogen (secondary N) is 2. The third kappa shape index (κ3) is 6.74. The molecule has 0 aromatic carbocycles. The van der Waals surface area contributed by atoms with Gasteiger partial charge in [-0.05, 0) is 32.6 Å². The van der Waals surface area contributed by atoms with Crippen molar-refractivity contribution in [2.75, 3.05) is 23.7 Å². The van der Waals surface area contributed by atoms with Gasteiger partial charge in [0.25, 0.3) is 0 Å². The highest BCUT2D eigenvalue weighted by Crippen LogP contribution is 2.11. The second-order valence-corrected chi connectivity index (χ2v) is 5.20. The molecule has 1 rings (SSSR count). The molecule has 0 aliphatic heterocycles. The quantitative estimate of drug-likeness (QED) is 0.707. The van der Waals surface area contributed by atoms with E-state index in [1.165, 1.54) is 6.42 Å². The summed E-state index contributed by atoms with van der Waals surface area (Å²) in [5, 5.41) is 6.29. The smallest absolute Gasteiger partial charge is 0.148 e. The van der Waals surface area contributed by atoms with Gasteiger partial charge >= 0.3 is 0 Å². The molecule has 19 heavy (non-hydrogen) atoms. The monoisotopic (exact) mass is 264 g/mol. The molecule has 2 N–H and O–H groups in total. The standard InChI is InChI=1S/C14H24N4O/c1-10(2)6-5-7-15-13-8-14(16-9-11(3)19)18-12(4)17-13/h8,10H,5-7,9H2,1-4H3,(H2,15,16,17,18). The number of Topliss-reactive ketones (excluding diaryl/α,β-unsaturated/α-hetero) is 1. The third-order valence-corrected chi connectivity index (χ3v) is 2.62. The van der Waals surface area contributed by atoms with Gasteiger partial charge in [-0.1, -0.05) is 13.8 Å². The van der Waals surface area contributed by atoms with Crippen LogP contribution >= 0.6 is 0 Å². The molecule has 1 heterocycles. The van der Waals surface area contributed by atoms with Gasteiger partial charge < -0.3 is 10.6 Å². The van der Waals surface area contributed by atoms with Gasteiger partial charge in [0.2, 0.25) is 0 Å². The van der Waals surface area contributed by atoms with Crippen molar-refractivity contribution < 1.29 is 4.79 Å². The predicted molar refractivity (Wildman–Crippen MR) is 78.5 cm³/mol. The maximum atomic E-state index is 10.9. The fourth-order valence-electron chi connectivity index (χ4n) is 1.69. The molecule has 0 saturated heterocycles. The van der Waals surface area contributed by atoms with Crippen LogP contribution in [0.2, 0.25) is 0 Å². The van der Waals surface area contributed by atoms with Gasteiger partial charge in [-0.15, -0.1) is 0 Å². The Morgan fingerprint density at radius 1 is 1.26 bits per heavy atom. The van der Waals surface area contributed by atoms with Crippen molar-refractivity contribution in [3.63, 3.8) is 0 Å². The van der Waals surface area contributed by atoms with Crippen LogP contribution in [0.5, 0.6) is 0 Å². The topological polar surface area (TPSA) is 66.9 Å². The summed E-state index contributed by atoms with van der Waals surface area (Å²) in [6.07, 6.45) is 2.32. The number of carbonyl (C=O) groups excluding carboxylic acids is 1. The van der Waals surface area contributed by atoms with E-state index in [4.69, 9.17) is 0 Å². The molecule has 0 bridgehead atoms. The number of anilines is 2. The molecule has 1 aromatic heterocycles. The molecule has 0 unspecified atom stereocenters. The zero-order valence-electron chi connectivity index (χ0n) is 12.3. The van der Waals surface area contributed by atoms with Crippen LogP contribution in [0.4, 0.5) is 11.6 Å². The van der Waals surface area contributed by atoms with Gasteiger partial charge in [0.15, 0.2) is 0 Å². The van der Waals surface area contributed by atoms with E-state index < -0.39 is 0 Å². The zero-order valence-corrected chi connectivity index (χ0v) is 12.3. The molecule has 0 aliphatic rings. The first kappa shape index (κ1) is 15.4. The first-order valence-corrected chi connectivity index (χ1v) is 6.80. The molecular formula is C14H24N4O. The Bertz CT molecular complexity index is 418. The molecule has 106 valence electrons. The molecule has 0 saturated carbocycles. The van der Waals surface area contributed by atoms with Gasteiger partial charge in [0, 0.05) is 12.6 Å². The lowest BCUT2D eigenvalue weighted by Crippen LogP contribution is -2.13. The summed E-state index contributed by atoms with van der Waals surface area (Å²) in [4.78, 5) is 19.5. The SMILES string of the molecule is CC(=O)CNc1cc(NCCCC(C)C)nc(C)n1. The number of rotatable bonds is 8. The van der Waals surface area contributed by atoms with Crippen molar-refractivity contribution in [2.45, 2.75) is 40.5 Å².